The molecule has 0 aliphatic carbocycles. The van der Waals surface area contributed by atoms with E-state index in [2.05, 4.69) is 15.3 Å². The average Bonchev–Trinajstić information content (AvgIpc) is 3.41. The first-order valence-electron chi connectivity index (χ1n) is 11.1. The van der Waals surface area contributed by atoms with Gasteiger partial charge in [0.25, 0.3) is 18.2 Å². The van der Waals surface area contributed by atoms with E-state index in [0.717, 1.165) is 25.1 Å². The molecule has 14 heteroatoms. The number of carbonyl (C=O) groups excluding carboxylic acids is 2. The Bertz CT molecular complexity index is 1120. The number of pyridine rings is 1. The molecule has 36 heavy (non-hydrogen) atoms. The topological polar surface area (TPSA) is 107 Å². The second kappa shape index (κ2) is 10.6. The molecule has 1 atom stereocenters. The van der Waals surface area contributed by atoms with Crippen molar-refractivity contribution in [3.05, 3.63) is 28.5 Å². The minimum absolute atomic E-state index is 0.0438. The van der Waals surface area contributed by atoms with Crippen molar-refractivity contribution in [1.29, 1.82) is 0 Å². The van der Waals surface area contributed by atoms with Crippen LogP contribution in [-0.4, -0.2) is 69.2 Å². The van der Waals surface area contributed by atoms with Gasteiger partial charge in [-0.2, -0.15) is 13.2 Å². The highest BCUT2D eigenvalue weighted by molar-refractivity contribution is 7.17. The second-order valence-electron chi connectivity index (χ2n) is 9.11. The SMILES string of the molecule is CC1CCCN1C(=O)c1nc(C(=O)NCC(C)(C)O)sc1-c1cnc(NCC(F)(F)F)cc1C(F)F. The molecule has 0 spiro atoms. The number of halogens is 5. The van der Waals surface area contributed by atoms with Gasteiger partial charge in [0, 0.05) is 36.5 Å². The Morgan fingerprint density at radius 2 is 1.97 bits per heavy atom. The Balaban J connectivity index is 2.05. The van der Waals surface area contributed by atoms with Gasteiger partial charge in [-0.05, 0) is 39.7 Å². The smallest absolute Gasteiger partial charge is 0.389 e. The Morgan fingerprint density at radius 1 is 1.28 bits per heavy atom. The Labute approximate surface area is 207 Å². The van der Waals surface area contributed by atoms with E-state index in [-0.39, 0.29) is 33.7 Å². The number of carbonyl (C=O) groups is 2. The minimum Gasteiger partial charge on any atom is -0.389 e. The third-order valence-corrected chi connectivity index (χ3v) is 6.49. The maximum atomic E-state index is 14.0. The van der Waals surface area contributed by atoms with Crippen LogP contribution in [0.1, 0.15) is 65.9 Å². The van der Waals surface area contributed by atoms with Gasteiger partial charge >= 0.3 is 6.18 Å². The molecule has 1 fully saturated rings. The first-order valence-corrected chi connectivity index (χ1v) is 11.9. The summed E-state index contributed by atoms with van der Waals surface area (Å²) in [5.74, 6) is -1.68. The van der Waals surface area contributed by atoms with E-state index in [9.17, 15) is 36.6 Å². The lowest BCUT2D eigenvalue weighted by atomic mass is 10.1. The van der Waals surface area contributed by atoms with Gasteiger partial charge in [0.05, 0.1) is 10.5 Å². The zero-order valence-electron chi connectivity index (χ0n) is 19.7. The quantitative estimate of drug-likeness (QED) is 0.437. The largest absolute Gasteiger partial charge is 0.405 e. The average molecular weight is 536 g/mol. The van der Waals surface area contributed by atoms with Crippen LogP contribution in [0.4, 0.5) is 27.8 Å². The molecule has 0 bridgehead atoms. The van der Waals surface area contributed by atoms with Crippen molar-refractivity contribution in [1.82, 2.24) is 20.2 Å². The van der Waals surface area contributed by atoms with Gasteiger partial charge in [-0.1, -0.05) is 0 Å². The summed E-state index contributed by atoms with van der Waals surface area (Å²) < 4.78 is 65.6. The molecule has 198 valence electrons. The van der Waals surface area contributed by atoms with Gasteiger partial charge in [0.1, 0.15) is 18.1 Å². The van der Waals surface area contributed by atoms with Crippen LogP contribution in [0, 0.1) is 0 Å². The van der Waals surface area contributed by atoms with Crippen LogP contribution in [0.25, 0.3) is 10.4 Å². The van der Waals surface area contributed by atoms with Crippen LogP contribution in [0.15, 0.2) is 12.3 Å². The standard InChI is InChI=1S/C22H26F5N5O3S/c1-11-5-4-6-32(11)20(34)15-16(36-19(31-15)18(33)30-9-21(2,3)35)13-8-28-14(7-12(13)17(23)24)29-10-22(25,26)27/h7-8,11,17,35H,4-6,9-10H2,1-3H3,(H,28,29)(H,30,33). The molecule has 3 heterocycles. The molecule has 1 aliphatic heterocycles. The molecule has 8 nitrogen and oxygen atoms in total. The van der Waals surface area contributed by atoms with Gasteiger partial charge in [-0.15, -0.1) is 11.3 Å². The third kappa shape index (κ3) is 6.87. The van der Waals surface area contributed by atoms with Gasteiger partial charge in [0.15, 0.2) is 5.01 Å². The van der Waals surface area contributed by atoms with E-state index in [1.807, 2.05) is 12.2 Å². The first kappa shape index (κ1) is 27.7. The van der Waals surface area contributed by atoms with Crippen LogP contribution < -0.4 is 10.6 Å². The van der Waals surface area contributed by atoms with E-state index < -0.39 is 47.9 Å². The molecule has 2 amide bonds. The third-order valence-electron chi connectivity index (χ3n) is 5.41. The molecule has 0 radical (unpaired) electrons. The Kier molecular flexibility index (Phi) is 8.18. The van der Waals surface area contributed by atoms with Crippen LogP contribution in [0.2, 0.25) is 0 Å². The molecule has 3 rings (SSSR count). The highest BCUT2D eigenvalue weighted by Gasteiger charge is 2.33. The molecule has 3 N–H and O–H groups in total. The number of alkyl halides is 5. The van der Waals surface area contributed by atoms with Gasteiger partial charge in [0.2, 0.25) is 0 Å². The predicted octanol–water partition coefficient (Wildman–Crippen LogP) is 4.24. The van der Waals surface area contributed by atoms with Crippen LogP contribution in [0.3, 0.4) is 0 Å². The highest BCUT2D eigenvalue weighted by Crippen LogP contribution is 2.39. The minimum atomic E-state index is -4.58. The van der Waals surface area contributed by atoms with Crippen LogP contribution >= 0.6 is 11.3 Å². The lowest BCUT2D eigenvalue weighted by Crippen LogP contribution is -2.38. The van der Waals surface area contributed by atoms with Crippen LogP contribution in [-0.2, 0) is 0 Å². The number of hydrogen-bond donors (Lipinski definition) is 3. The normalized spacial score (nSPS) is 16.5. The van der Waals surface area contributed by atoms with Crippen molar-refractivity contribution in [2.24, 2.45) is 0 Å². The Morgan fingerprint density at radius 3 is 2.53 bits per heavy atom. The number of nitrogens with one attached hydrogen (secondary N) is 2. The molecule has 0 saturated carbocycles. The van der Waals surface area contributed by atoms with E-state index in [0.29, 0.717) is 17.9 Å². The number of aromatic nitrogens is 2. The highest BCUT2D eigenvalue weighted by atomic mass is 32.1. The number of hydrogen-bond acceptors (Lipinski definition) is 7. The molecule has 1 aliphatic rings. The number of anilines is 1. The summed E-state index contributed by atoms with van der Waals surface area (Å²) in [6.07, 6.45) is -5.27. The fourth-order valence-corrected chi connectivity index (χ4v) is 4.62. The van der Waals surface area contributed by atoms with Gasteiger partial charge in [-0.3, -0.25) is 9.59 Å². The number of aliphatic hydroxyl groups is 1. The molecule has 2 aromatic rings. The summed E-state index contributed by atoms with van der Waals surface area (Å²) in [5, 5.41) is 14.1. The molecule has 1 saturated heterocycles. The number of rotatable bonds is 8. The van der Waals surface area contributed by atoms with Crippen molar-refractivity contribution < 1.29 is 36.6 Å². The van der Waals surface area contributed by atoms with Crippen LogP contribution in [0.5, 0.6) is 0 Å². The molecule has 1 unspecified atom stereocenters. The van der Waals surface area contributed by atoms with E-state index in [1.165, 1.54) is 18.7 Å². The molecule has 2 aromatic heterocycles. The second-order valence-corrected chi connectivity index (χ2v) is 10.1. The summed E-state index contributed by atoms with van der Waals surface area (Å²) in [5.41, 5.74) is -2.32. The Hall–Kier alpha value is -2.87. The fraction of sp³-hybridized carbons (Fsp3) is 0.545. The summed E-state index contributed by atoms with van der Waals surface area (Å²) in [6, 6.07) is 0.660. The summed E-state index contributed by atoms with van der Waals surface area (Å²) in [4.78, 5) is 35.4. The van der Waals surface area contributed by atoms with Crippen molar-refractivity contribution in [2.45, 2.75) is 57.9 Å². The molecular formula is C22H26F5N5O3S. The predicted molar refractivity (Wildman–Crippen MR) is 123 cm³/mol. The summed E-state index contributed by atoms with van der Waals surface area (Å²) in [7, 11) is 0. The van der Waals surface area contributed by atoms with Crippen molar-refractivity contribution in [2.75, 3.05) is 25.0 Å². The molecule has 0 aromatic carbocycles. The number of thiazole rings is 1. The van der Waals surface area contributed by atoms with Crippen molar-refractivity contribution >= 4 is 29.0 Å². The number of nitrogens with zero attached hydrogens (tertiary/aromatic N) is 3. The number of likely N-dealkylation sites (tertiary alicyclic amines) is 1. The van der Waals surface area contributed by atoms with Crippen molar-refractivity contribution in [3.63, 3.8) is 0 Å². The lowest BCUT2D eigenvalue weighted by Gasteiger charge is -2.21. The van der Waals surface area contributed by atoms with E-state index in [4.69, 9.17) is 0 Å². The summed E-state index contributed by atoms with van der Waals surface area (Å²) in [6.45, 7) is 3.61. The van der Waals surface area contributed by atoms with Crippen molar-refractivity contribution in [3.8, 4) is 10.4 Å². The fourth-order valence-electron chi connectivity index (χ4n) is 3.62. The molecular weight excluding hydrogens is 509 g/mol. The van der Waals surface area contributed by atoms with E-state index in [1.54, 1.807) is 0 Å². The van der Waals surface area contributed by atoms with E-state index >= 15 is 0 Å². The van der Waals surface area contributed by atoms with Gasteiger partial charge in [-0.25, -0.2) is 18.7 Å². The zero-order valence-corrected chi connectivity index (χ0v) is 20.6. The maximum Gasteiger partial charge on any atom is 0.405 e. The van der Waals surface area contributed by atoms with Gasteiger partial charge < -0.3 is 20.6 Å². The summed E-state index contributed by atoms with van der Waals surface area (Å²) >= 11 is 0.689. The maximum absolute atomic E-state index is 14.0. The lowest BCUT2D eigenvalue weighted by molar-refractivity contribution is -0.115. The zero-order chi connectivity index (χ0) is 26.8. The first-order chi connectivity index (χ1) is 16.7. The number of amides is 2. The monoisotopic (exact) mass is 535 g/mol.